The number of carboxylic acids is 1. The van der Waals surface area contributed by atoms with Crippen LogP contribution in [0.3, 0.4) is 0 Å². The summed E-state index contributed by atoms with van der Waals surface area (Å²) in [5, 5.41) is 37.5. The summed E-state index contributed by atoms with van der Waals surface area (Å²) in [7, 11) is 0. The summed E-state index contributed by atoms with van der Waals surface area (Å²) in [5.74, 6) is -1.94. The number of rotatable bonds is 12. The highest BCUT2D eigenvalue weighted by atomic mass is 79.9. The van der Waals surface area contributed by atoms with Crippen LogP contribution < -0.4 is 10.6 Å². The van der Waals surface area contributed by atoms with Crippen LogP contribution >= 0.6 is 62.1 Å². The first-order valence-corrected chi connectivity index (χ1v) is 16.3. The molecule has 42 heavy (non-hydrogen) atoms. The van der Waals surface area contributed by atoms with Crippen molar-refractivity contribution in [1.29, 1.82) is 0 Å². The van der Waals surface area contributed by atoms with Crippen molar-refractivity contribution in [3.05, 3.63) is 56.1 Å². The van der Waals surface area contributed by atoms with Crippen molar-refractivity contribution >= 4 is 97.2 Å². The first-order valence-electron chi connectivity index (χ1n) is 11.7. The first kappa shape index (κ1) is 30.0. The van der Waals surface area contributed by atoms with Crippen LogP contribution in [-0.2, 0) is 30.6 Å². The second-order valence-electron chi connectivity index (χ2n) is 8.41. The molecule has 5 rings (SSSR count). The Morgan fingerprint density at radius 2 is 2.17 bits per heavy atom. The normalized spacial score (nSPS) is 18.3. The fraction of sp³-hybridized carbons (Fsp3) is 0.217. The van der Waals surface area contributed by atoms with Crippen LogP contribution in [0.4, 0.5) is 5.13 Å². The first-order chi connectivity index (χ1) is 20.3. The van der Waals surface area contributed by atoms with Gasteiger partial charge in [-0.1, -0.05) is 34.3 Å². The number of anilines is 1. The van der Waals surface area contributed by atoms with E-state index in [0.717, 1.165) is 11.3 Å². The monoisotopic (exact) mass is 711 g/mol. The zero-order chi connectivity index (χ0) is 29.8. The number of nitrogens with zero attached hydrogens (tertiary/aromatic N) is 5. The van der Waals surface area contributed by atoms with Crippen LogP contribution in [0.2, 0.25) is 0 Å². The lowest BCUT2D eigenvalue weighted by molar-refractivity contribution is -0.150. The number of fused-ring (bicyclic) bond motifs is 1. The molecule has 0 saturated carbocycles. The molecule has 2 aliphatic heterocycles. The fourth-order valence-corrected chi connectivity index (χ4v) is 7.78. The van der Waals surface area contributed by atoms with Gasteiger partial charge in [0.1, 0.15) is 40.7 Å². The SMILES string of the molecule is O=CNc1nc(C(=NOCc2ccc(Br)c(O)c2)C(=O)NC2C(=O)N3C(C(=O)O)=C(CSc4nncs4)CS[C@H]23)cs1. The zero-order valence-corrected chi connectivity index (χ0v) is 25.8. The maximum atomic E-state index is 13.4. The second kappa shape index (κ2) is 13.2. The average molecular weight is 713 g/mol. The van der Waals surface area contributed by atoms with Gasteiger partial charge in [-0.05, 0) is 39.2 Å². The molecule has 1 fully saturated rings. The number of β-lactam (4-membered cyclic amide) rings is 1. The van der Waals surface area contributed by atoms with Crippen molar-refractivity contribution < 1.29 is 34.2 Å². The van der Waals surface area contributed by atoms with Crippen molar-refractivity contribution in [2.75, 3.05) is 16.8 Å². The molecule has 0 spiro atoms. The molecule has 2 aromatic heterocycles. The number of aromatic hydroxyl groups is 1. The maximum absolute atomic E-state index is 13.4. The standard InChI is InChI=1S/C23H18BrN7O7S4/c24-12-2-1-10(3-14(12)33)4-38-30-15(13-7-40-22(27-13)25-8-32)18(34)28-16-19(35)31-17(21(36)37)11(5-39-20(16)31)6-41-23-29-26-9-42-23/h1-3,7-9,16,20,33H,4-6H2,(H,28,34)(H,36,37)(H,25,27,32)/t16?,20-/m1/s1. The van der Waals surface area contributed by atoms with Gasteiger partial charge < -0.3 is 25.7 Å². The number of carbonyl (C=O) groups is 4. The van der Waals surface area contributed by atoms with Crippen LogP contribution in [0.25, 0.3) is 0 Å². The number of halogens is 1. The zero-order valence-electron chi connectivity index (χ0n) is 20.9. The summed E-state index contributed by atoms with van der Waals surface area (Å²) in [6.45, 7) is -0.0968. The minimum Gasteiger partial charge on any atom is -0.507 e. The highest BCUT2D eigenvalue weighted by Crippen LogP contribution is 2.41. The topological polar surface area (TPSA) is 196 Å². The Labute approximate surface area is 261 Å². The number of hydrogen-bond donors (Lipinski definition) is 4. The van der Waals surface area contributed by atoms with E-state index in [4.69, 9.17) is 4.84 Å². The molecule has 3 aromatic rings. The molecule has 0 bridgehead atoms. The number of carbonyl (C=O) groups excluding carboxylic acids is 3. The summed E-state index contributed by atoms with van der Waals surface area (Å²) >= 11 is 8.24. The lowest BCUT2D eigenvalue weighted by atomic mass is 10.0. The number of aromatic nitrogens is 3. The third-order valence-corrected chi connectivity index (χ3v) is 10.5. The van der Waals surface area contributed by atoms with Gasteiger partial charge in [-0.3, -0.25) is 19.3 Å². The minimum absolute atomic E-state index is 0.00288. The van der Waals surface area contributed by atoms with E-state index in [0.29, 0.717) is 37.9 Å². The molecule has 1 unspecified atom stereocenters. The van der Waals surface area contributed by atoms with E-state index in [1.165, 1.54) is 51.2 Å². The molecule has 4 heterocycles. The van der Waals surface area contributed by atoms with Crippen LogP contribution in [0.5, 0.6) is 5.75 Å². The second-order valence-corrected chi connectivity index (χ2v) is 13.3. The van der Waals surface area contributed by atoms with Gasteiger partial charge in [0.25, 0.3) is 11.8 Å². The lowest BCUT2D eigenvalue weighted by Gasteiger charge is -2.49. The van der Waals surface area contributed by atoms with Crippen LogP contribution in [0.1, 0.15) is 11.3 Å². The van der Waals surface area contributed by atoms with Gasteiger partial charge >= 0.3 is 5.97 Å². The molecule has 0 radical (unpaired) electrons. The van der Waals surface area contributed by atoms with Gasteiger partial charge in [-0.15, -0.1) is 33.3 Å². The number of amides is 3. The lowest BCUT2D eigenvalue weighted by Crippen LogP contribution is -2.71. The number of aliphatic carboxylic acids is 1. The molecule has 19 heteroatoms. The number of phenolic OH excluding ortho intramolecular Hbond substituents is 1. The van der Waals surface area contributed by atoms with Gasteiger partial charge in [-0.25, -0.2) is 9.78 Å². The van der Waals surface area contributed by atoms with Crippen molar-refractivity contribution in [1.82, 2.24) is 25.4 Å². The largest absolute Gasteiger partial charge is 0.507 e. The summed E-state index contributed by atoms with van der Waals surface area (Å²) in [6, 6.07) is 3.75. The Morgan fingerprint density at radius 3 is 2.88 bits per heavy atom. The Morgan fingerprint density at radius 1 is 1.33 bits per heavy atom. The molecule has 14 nitrogen and oxygen atoms in total. The van der Waals surface area contributed by atoms with Crippen LogP contribution in [0.15, 0.2) is 54.3 Å². The molecule has 218 valence electrons. The predicted octanol–water partition coefficient (Wildman–Crippen LogP) is 2.48. The highest BCUT2D eigenvalue weighted by molar-refractivity contribution is 9.10. The fourth-order valence-electron chi connectivity index (χ4n) is 3.90. The molecule has 1 aromatic carbocycles. The molecule has 0 aliphatic carbocycles. The van der Waals surface area contributed by atoms with Gasteiger partial charge in [0.15, 0.2) is 15.2 Å². The van der Waals surface area contributed by atoms with Crippen molar-refractivity contribution in [3.8, 4) is 5.75 Å². The number of thioether (sulfide) groups is 2. The van der Waals surface area contributed by atoms with E-state index >= 15 is 0 Å². The van der Waals surface area contributed by atoms with Crippen LogP contribution in [-0.4, -0.2) is 83.1 Å². The summed E-state index contributed by atoms with van der Waals surface area (Å²) < 4.78 is 1.18. The predicted molar refractivity (Wildman–Crippen MR) is 159 cm³/mol. The molecule has 2 aliphatic rings. The number of thiazole rings is 1. The average Bonchev–Trinajstić information content (AvgIpc) is 3.67. The molecular weight excluding hydrogens is 694 g/mol. The Kier molecular flexibility index (Phi) is 9.41. The minimum atomic E-state index is -1.24. The highest BCUT2D eigenvalue weighted by Gasteiger charge is 2.54. The van der Waals surface area contributed by atoms with Crippen molar-refractivity contribution in [2.45, 2.75) is 22.4 Å². The van der Waals surface area contributed by atoms with Gasteiger partial charge in [0, 0.05) is 16.9 Å². The van der Waals surface area contributed by atoms with E-state index < -0.39 is 29.2 Å². The molecule has 1 saturated heterocycles. The summed E-state index contributed by atoms with van der Waals surface area (Å²) in [4.78, 5) is 60.2. The molecular formula is C23H18BrN7O7S4. The van der Waals surface area contributed by atoms with E-state index in [1.54, 1.807) is 17.6 Å². The Balaban J connectivity index is 1.32. The third kappa shape index (κ3) is 6.43. The number of oxime groups is 1. The van der Waals surface area contributed by atoms with E-state index in [1.807, 2.05) is 0 Å². The molecule has 4 N–H and O–H groups in total. The number of nitrogens with one attached hydrogen (secondary N) is 2. The van der Waals surface area contributed by atoms with E-state index in [2.05, 4.69) is 46.9 Å². The van der Waals surface area contributed by atoms with Gasteiger partial charge in [0.2, 0.25) is 6.41 Å². The van der Waals surface area contributed by atoms with Gasteiger partial charge in [-0.2, -0.15) is 0 Å². The maximum Gasteiger partial charge on any atom is 0.352 e. The molecule has 3 amide bonds. The summed E-state index contributed by atoms with van der Waals surface area (Å²) in [5.41, 5.74) is 2.42. The van der Waals surface area contributed by atoms with Crippen molar-refractivity contribution in [3.63, 3.8) is 0 Å². The smallest absolute Gasteiger partial charge is 0.352 e. The Hall–Kier alpha value is -3.52. The van der Waals surface area contributed by atoms with Crippen molar-refractivity contribution in [2.24, 2.45) is 5.16 Å². The third-order valence-electron chi connectivity index (χ3n) is 5.79. The van der Waals surface area contributed by atoms with E-state index in [9.17, 15) is 29.4 Å². The number of phenols is 1. The summed E-state index contributed by atoms with van der Waals surface area (Å²) in [6.07, 6.45) is 0.437. The quantitative estimate of drug-likeness (QED) is 0.0706. The Bertz CT molecular complexity index is 1600. The number of hydrogen-bond acceptors (Lipinski definition) is 14. The molecule has 2 atom stereocenters. The van der Waals surface area contributed by atoms with Gasteiger partial charge in [0.05, 0.1) is 4.47 Å². The number of carboxylic acid groups (broad SMARTS) is 1. The number of benzene rings is 1. The van der Waals surface area contributed by atoms with Crippen LogP contribution in [0, 0.1) is 0 Å². The van der Waals surface area contributed by atoms with E-state index in [-0.39, 0.29) is 34.6 Å².